The summed E-state index contributed by atoms with van der Waals surface area (Å²) in [4.78, 5) is 34.1. The topological polar surface area (TPSA) is 106 Å². The molecule has 3 aromatic heterocycles. The highest BCUT2D eigenvalue weighted by Gasteiger charge is 2.31. The van der Waals surface area contributed by atoms with Crippen molar-refractivity contribution in [2.45, 2.75) is 58.6 Å². The largest absolute Gasteiger partial charge is 0.487 e. The molecule has 1 unspecified atom stereocenters. The van der Waals surface area contributed by atoms with Crippen molar-refractivity contribution in [3.63, 3.8) is 0 Å². The number of rotatable bonds is 8. The SMILES string of the molecule is CNC(=O)C(NC(=O)c1ccc(-c2ccc(OCc3cc(C)nc(C)c3)cn2)o1)C1CCCCC1. The van der Waals surface area contributed by atoms with Gasteiger partial charge in [0, 0.05) is 18.4 Å². The normalized spacial score (nSPS) is 14.8. The summed E-state index contributed by atoms with van der Waals surface area (Å²) in [6, 6.07) is 10.3. The van der Waals surface area contributed by atoms with Gasteiger partial charge in [-0.25, -0.2) is 4.98 Å². The van der Waals surface area contributed by atoms with E-state index in [4.69, 9.17) is 9.15 Å². The lowest BCUT2D eigenvalue weighted by Gasteiger charge is -2.29. The predicted molar refractivity (Wildman–Crippen MR) is 132 cm³/mol. The summed E-state index contributed by atoms with van der Waals surface area (Å²) >= 11 is 0. The summed E-state index contributed by atoms with van der Waals surface area (Å²) in [5, 5.41) is 5.55. The van der Waals surface area contributed by atoms with Gasteiger partial charge in [0.25, 0.3) is 5.91 Å². The molecule has 8 nitrogen and oxygen atoms in total. The van der Waals surface area contributed by atoms with E-state index in [9.17, 15) is 9.59 Å². The maximum atomic E-state index is 12.9. The van der Waals surface area contributed by atoms with Crippen molar-refractivity contribution < 1.29 is 18.7 Å². The molecule has 4 rings (SSSR count). The Morgan fingerprint density at radius 2 is 1.83 bits per heavy atom. The Bertz CT molecular complexity index is 1150. The lowest BCUT2D eigenvalue weighted by molar-refractivity contribution is -0.124. The molecule has 1 saturated carbocycles. The van der Waals surface area contributed by atoms with Gasteiger partial charge in [-0.15, -0.1) is 0 Å². The van der Waals surface area contributed by atoms with E-state index in [0.717, 1.165) is 42.6 Å². The van der Waals surface area contributed by atoms with Gasteiger partial charge in [-0.3, -0.25) is 14.6 Å². The van der Waals surface area contributed by atoms with Crippen LogP contribution in [0, 0.1) is 19.8 Å². The molecule has 0 spiro atoms. The fourth-order valence-electron chi connectivity index (χ4n) is 4.61. The van der Waals surface area contributed by atoms with Crippen LogP contribution in [0.2, 0.25) is 0 Å². The van der Waals surface area contributed by atoms with Crippen molar-refractivity contribution in [3.8, 4) is 17.2 Å². The van der Waals surface area contributed by atoms with Gasteiger partial charge in [0.05, 0.1) is 6.20 Å². The summed E-state index contributed by atoms with van der Waals surface area (Å²) < 4.78 is 11.6. The minimum Gasteiger partial charge on any atom is -0.487 e. The first-order chi connectivity index (χ1) is 16.9. The van der Waals surface area contributed by atoms with Crippen molar-refractivity contribution in [1.82, 2.24) is 20.6 Å². The fraction of sp³-hybridized carbons (Fsp3) is 0.407. The average molecular weight is 477 g/mol. The van der Waals surface area contributed by atoms with Gasteiger partial charge in [-0.1, -0.05) is 19.3 Å². The zero-order valence-electron chi connectivity index (χ0n) is 20.5. The van der Waals surface area contributed by atoms with Gasteiger partial charge >= 0.3 is 0 Å². The molecule has 1 aliphatic carbocycles. The smallest absolute Gasteiger partial charge is 0.287 e. The number of carbonyl (C=O) groups is 2. The maximum Gasteiger partial charge on any atom is 0.287 e. The third-order valence-electron chi connectivity index (χ3n) is 6.30. The predicted octanol–water partition coefficient (Wildman–Crippen LogP) is 4.36. The van der Waals surface area contributed by atoms with E-state index in [2.05, 4.69) is 20.6 Å². The Labute approximate surface area is 205 Å². The Morgan fingerprint density at radius 3 is 2.49 bits per heavy atom. The molecule has 3 aromatic rings. The lowest BCUT2D eigenvalue weighted by Crippen LogP contribution is -2.50. The number of carbonyl (C=O) groups excluding carboxylic acids is 2. The summed E-state index contributed by atoms with van der Waals surface area (Å²) in [6.45, 7) is 4.34. The summed E-state index contributed by atoms with van der Waals surface area (Å²) in [5.74, 6) is 0.804. The molecule has 3 heterocycles. The van der Waals surface area contributed by atoms with Crippen molar-refractivity contribution in [3.05, 3.63) is 65.3 Å². The first-order valence-electron chi connectivity index (χ1n) is 12.1. The van der Waals surface area contributed by atoms with Gasteiger partial charge < -0.3 is 19.8 Å². The third-order valence-corrected chi connectivity index (χ3v) is 6.30. The summed E-state index contributed by atoms with van der Waals surface area (Å²) in [5.41, 5.74) is 3.54. The van der Waals surface area contributed by atoms with Gasteiger partial charge in [-0.05, 0) is 74.6 Å². The van der Waals surface area contributed by atoms with Crippen molar-refractivity contribution in [1.29, 1.82) is 0 Å². The molecule has 2 N–H and O–H groups in total. The summed E-state index contributed by atoms with van der Waals surface area (Å²) in [6.07, 6.45) is 6.81. The van der Waals surface area contributed by atoms with E-state index in [1.165, 1.54) is 6.42 Å². The monoisotopic (exact) mass is 476 g/mol. The highest BCUT2D eigenvalue weighted by Crippen LogP contribution is 2.27. The molecule has 1 aliphatic rings. The van der Waals surface area contributed by atoms with Crippen molar-refractivity contribution >= 4 is 11.8 Å². The zero-order chi connectivity index (χ0) is 24.8. The standard InChI is InChI=1S/C27H32N4O4/c1-17-13-19(14-18(2)30-17)16-34-21-9-10-22(29-15-21)23-11-12-24(35-23)26(32)31-25(27(33)28-3)20-7-5-4-6-8-20/h9-15,20,25H,4-8,16H2,1-3H3,(H,28,33)(H,31,32). The van der Waals surface area contributed by atoms with Crippen LogP contribution < -0.4 is 15.4 Å². The van der Waals surface area contributed by atoms with Gasteiger partial charge in [0.2, 0.25) is 5.91 Å². The number of ether oxygens (including phenoxy) is 1. The number of amides is 2. The number of hydrogen-bond acceptors (Lipinski definition) is 6. The van der Waals surface area contributed by atoms with E-state index < -0.39 is 11.9 Å². The second-order valence-electron chi connectivity index (χ2n) is 9.05. The fourth-order valence-corrected chi connectivity index (χ4v) is 4.61. The van der Waals surface area contributed by atoms with Crippen LogP contribution >= 0.6 is 0 Å². The van der Waals surface area contributed by atoms with Crippen LogP contribution in [0.15, 0.2) is 47.0 Å². The number of furan rings is 1. The highest BCUT2D eigenvalue weighted by atomic mass is 16.5. The number of nitrogens with one attached hydrogen (secondary N) is 2. The molecule has 0 saturated heterocycles. The molecule has 1 atom stereocenters. The van der Waals surface area contributed by atoms with E-state index >= 15 is 0 Å². The first kappa shape index (κ1) is 24.4. The number of pyridine rings is 2. The number of aryl methyl sites for hydroxylation is 2. The highest BCUT2D eigenvalue weighted by molar-refractivity contribution is 5.96. The molecule has 8 heteroatoms. The van der Waals surface area contributed by atoms with Gasteiger partial charge in [0.1, 0.15) is 24.1 Å². The van der Waals surface area contributed by atoms with Crippen LogP contribution in [-0.2, 0) is 11.4 Å². The molecule has 0 aromatic carbocycles. The van der Waals surface area contributed by atoms with E-state index in [1.54, 1.807) is 31.4 Å². The van der Waals surface area contributed by atoms with Crippen molar-refractivity contribution in [2.75, 3.05) is 7.05 Å². The number of aromatic nitrogens is 2. The first-order valence-corrected chi connectivity index (χ1v) is 12.1. The van der Waals surface area contributed by atoms with Gasteiger partial charge in [-0.2, -0.15) is 0 Å². The van der Waals surface area contributed by atoms with Crippen LogP contribution in [0.4, 0.5) is 0 Å². The zero-order valence-corrected chi connectivity index (χ0v) is 20.5. The molecule has 35 heavy (non-hydrogen) atoms. The summed E-state index contributed by atoms with van der Waals surface area (Å²) in [7, 11) is 1.59. The Balaban J connectivity index is 1.39. The van der Waals surface area contributed by atoms with Crippen LogP contribution in [0.3, 0.4) is 0 Å². The maximum absolute atomic E-state index is 12.9. The number of nitrogens with zero attached hydrogens (tertiary/aromatic N) is 2. The quantitative estimate of drug-likeness (QED) is 0.500. The minimum atomic E-state index is -0.566. The number of hydrogen-bond donors (Lipinski definition) is 2. The Hall–Kier alpha value is -3.68. The Kier molecular flexibility index (Phi) is 7.80. The van der Waals surface area contributed by atoms with E-state index in [1.807, 2.05) is 32.0 Å². The molecular weight excluding hydrogens is 444 g/mol. The molecule has 2 amide bonds. The van der Waals surface area contributed by atoms with Crippen LogP contribution in [0.5, 0.6) is 5.75 Å². The molecule has 0 aliphatic heterocycles. The van der Waals surface area contributed by atoms with Gasteiger partial charge in [0.15, 0.2) is 11.5 Å². The molecule has 0 radical (unpaired) electrons. The molecular formula is C27H32N4O4. The Morgan fingerprint density at radius 1 is 1.09 bits per heavy atom. The minimum absolute atomic E-state index is 0.135. The van der Waals surface area contributed by atoms with Crippen molar-refractivity contribution in [2.24, 2.45) is 5.92 Å². The second-order valence-corrected chi connectivity index (χ2v) is 9.05. The lowest BCUT2D eigenvalue weighted by atomic mass is 9.83. The molecule has 1 fully saturated rings. The second kappa shape index (κ2) is 11.2. The van der Waals surface area contributed by atoms with Crippen LogP contribution in [-0.4, -0.2) is 34.9 Å². The van der Waals surface area contributed by atoms with E-state index in [0.29, 0.717) is 23.8 Å². The third kappa shape index (κ3) is 6.26. The number of likely N-dealkylation sites (N-methyl/N-ethyl adjacent to an activating group) is 1. The van der Waals surface area contributed by atoms with Crippen LogP contribution in [0.25, 0.3) is 11.5 Å². The molecule has 184 valence electrons. The average Bonchev–Trinajstić information content (AvgIpc) is 3.36. The van der Waals surface area contributed by atoms with E-state index in [-0.39, 0.29) is 17.6 Å². The molecule has 0 bridgehead atoms. The van der Waals surface area contributed by atoms with Crippen LogP contribution in [0.1, 0.15) is 59.6 Å².